The van der Waals surface area contributed by atoms with Crippen molar-refractivity contribution in [1.29, 1.82) is 0 Å². The average molecular weight is 552 g/mol. The molecule has 0 saturated carbocycles. The number of likely N-dealkylation sites (tertiary alicyclic amines) is 3. The van der Waals surface area contributed by atoms with Crippen molar-refractivity contribution in [3.63, 3.8) is 0 Å². The monoisotopic (exact) mass is 551 g/mol. The maximum atomic E-state index is 13.1. The summed E-state index contributed by atoms with van der Waals surface area (Å²) in [6.45, 7) is 6.04. The van der Waals surface area contributed by atoms with Gasteiger partial charge in [-0.2, -0.15) is 4.31 Å². The third kappa shape index (κ3) is 5.62. The molecule has 1 atom stereocenters. The lowest BCUT2D eigenvalue weighted by molar-refractivity contribution is -0.154. The van der Waals surface area contributed by atoms with Crippen LogP contribution in [0.4, 0.5) is 4.79 Å². The Morgan fingerprint density at radius 3 is 2.38 bits per heavy atom. The maximum absolute atomic E-state index is 13.1. The fourth-order valence-corrected chi connectivity index (χ4v) is 7.51. The number of benzene rings is 2. The van der Waals surface area contributed by atoms with Gasteiger partial charge in [-0.1, -0.05) is 48.4 Å². The summed E-state index contributed by atoms with van der Waals surface area (Å²) in [5, 5.41) is 5.11. The van der Waals surface area contributed by atoms with Crippen LogP contribution in [0.2, 0.25) is 0 Å². The van der Waals surface area contributed by atoms with E-state index in [2.05, 4.69) is 59.5 Å². The molecule has 1 N–H and O–H groups in total. The van der Waals surface area contributed by atoms with Gasteiger partial charge in [0.05, 0.1) is 19.3 Å². The normalized spacial score (nSPS) is 20.4. The number of amides is 3. The molecule has 208 valence electrons. The van der Waals surface area contributed by atoms with E-state index in [4.69, 9.17) is 6.42 Å². The highest BCUT2D eigenvalue weighted by molar-refractivity contribution is 7.88. The lowest BCUT2D eigenvalue weighted by Crippen LogP contribution is -2.75. The van der Waals surface area contributed by atoms with Crippen LogP contribution in [-0.2, 0) is 14.8 Å². The molecule has 0 radical (unpaired) electrons. The van der Waals surface area contributed by atoms with Crippen molar-refractivity contribution in [2.45, 2.75) is 31.8 Å². The Hall–Kier alpha value is -3.13. The molecular weight excluding hydrogens is 514 g/mol. The first-order valence-corrected chi connectivity index (χ1v) is 15.4. The van der Waals surface area contributed by atoms with Crippen LogP contribution in [0.15, 0.2) is 42.5 Å². The maximum Gasteiger partial charge on any atom is 0.318 e. The van der Waals surface area contributed by atoms with Crippen LogP contribution in [-0.4, -0.2) is 104 Å². The molecule has 5 rings (SSSR count). The lowest BCUT2D eigenvalue weighted by atomic mass is 9.73. The van der Waals surface area contributed by atoms with Crippen LogP contribution in [0.3, 0.4) is 0 Å². The summed E-state index contributed by atoms with van der Waals surface area (Å²) in [7, 11) is -3.56. The van der Waals surface area contributed by atoms with Gasteiger partial charge >= 0.3 is 6.03 Å². The van der Waals surface area contributed by atoms with E-state index in [9.17, 15) is 18.0 Å². The molecule has 3 saturated heterocycles. The predicted octanol–water partition coefficient (Wildman–Crippen LogP) is 2.11. The first kappa shape index (κ1) is 27.4. The van der Waals surface area contributed by atoms with Gasteiger partial charge in [-0.05, 0) is 36.1 Å². The Labute approximate surface area is 231 Å². The van der Waals surface area contributed by atoms with Gasteiger partial charge in [-0.25, -0.2) is 13.2 Å². The average Bonchev–Trinajstić information content (AvgIpc) is 2.87. The van der Waals surface area contributed by atoms with E-state index in [1.54, 1.807) is 9.80 Å². The number of sulfonamides is 1. The van der Waals surface area contributed by atoms with E-state index < -0.39 is 10.0 Å². The van der Waals surface area contributed by atoms with E-state index in [0.717, 1.165) is 13.1 Å². The zero-order chi connectivity index (χ0) is 27.8. The van der Waals surface area contributed by atoms with Crippen molar-refractivity contribution in [3.8, 4) is 12.3 Å². The molecular formula is C29H37N5O4S. The molecule has 2 aromatic rings. The zero-order valence-electron chi connectivity index (χ0n) is 22.7. The van der Waals surface area contributed by atoms with Gasteiger partial charge < -0.3 is 15.1 Å². The van der Waals surface area contributed by atoms with Crippen LogP contribution in [0.5, 0.6) is 0 Å². The minimum Gasteiger partial charge on any atom is -0.340 e. The summed E-state index contributed by atoms with van der Waals surface area (Å²) in [5.41, 5.74) is 1.19. The molecule has 3 amide bonds. The molecule has 0 aromatic heterocycles. The summed E-state index contributed by atoms with van der Waals surface area (Å²) in [4.78, 5) is 30.9. The smallest absolute Gasteiger partial charge is 0.318 e. The number of urea groups is 1. The Morgan fingerprint density at radius 1 is 1.08 bits per heavy atom. The summed E-state index contributed by atoms with van der Waals surface area (Å²) in [5.74, 6) is 2.21. The van der Waals surface area contributed by atoms with E-state index in [-0.39, 0.29) is 42.5 Å². The van der Waals surface area contributed by atoms with E-state index in [1.165, 1.54) is 26.9 Å². The molecule has 1 spiro atoms. The number of piperidine rings is 1. The quantitative estimate of drug-likeness (QED) is 0.532. The zero-order valence-corrected chi connectivity index (χ0v) is 23.5. The second-order valence-electron chi connectivity index (χ2n) is 11.3. The largest absolute Gasteiger partial charge is 0.340 e. The number of hydrogen-bond acceptors (Lipinski definition) is 5. The van der Waals surface area contributed by atoms with Gasteiger partial charge in [-0.3, -0.25) is 9.69 Å². The summed E-state index contributed by atoms with van der Waals surface area (Å²) < 4.78 is 26.9. The first-order chi connectivity index (χ1) is 18.6. The molecule has 0 unspecified atom stereocenters. The third-order valence-corrected chi connectivity index (χ3v) is 9.81. The highest BCUT2D eigenvalue weighted by atomic mass is 32.2. The molecule has 3 heterocycles. The number of nitrogens with one attached hydrogen (secondary N) is 1. The standard InChI is InChI=1S/C29H37N5O4S/c1-4-14-30-28(36)33-20-29(21-33)18-32(19-29)27(35)17-34(39(3,37)38)24-12-15-31(16-13-24)22(2)25-11-7-9-23-8-5-6-10-26(23)25/h1,5-11,22,24H,12-21H2,2-3H3,(H,30,36)/t22-/m1/s1. The molecule has 3 fully saturated rings. The number of rotatable bonds is 7. The highest BCUT2D eigenvalue weighted by Crippen LogP contribution is 2.40. The SMILES string of the molecule is C#CCNC(=O)N1CC2(CN(C(=O)CN(C3CCN([C@H](C)c4cccc5ccccc45)CC3)S(C)(=O)=O)C2)C1. The van der Waals surface area contributed by atoms with Crippen LogP contribution in [0.25, 0.3) is 10.8 Å². The Balaban J connectivity index is 1.15. The van der Waals surface area contributed by atoms with Gasteiger partial charge in [0.2, 0.25) is 15.9 Å². The van der Waals surface area contributed by atoms with Crippen molar-refractivity contribution < 1.29 is 18.0 Å². The minimum absolute atomic E-state index is 0.0812. The van der Waals surface area contributed by atoms with Crippen molar-refractivity contribution in [3.05, 3.63) is 48.0 Å². The second kappa shape index (κ2) is 10.8. The number of terminal acetylenes is 1. The Kier molecular flexibility index (Phi) is 7.60. The number of fused-ring (bicyclic) bond motifs is 1. The van der Waals surface area contributed by atoms with Gasteiger partial charge in [0, 0.05) is 56.8 Å². The van der Waals surface area contributed by atoms with E-state index in [1.807, 2.05) is 6.07 Å². The third-order valence-electron chi connectivity index (χ3n) is 8.53. The topological polar surface area (TPSA) is 93.3 Å². The molecule has 9 nitrogen and oxygen atoms in total. The van der Waals surface area contributed by atoms with Crippen LogP contribution in [0, 0.1) is 17.8 Å². The molecule has 39 heavy (non-hydrogen) atoms. The molecule has 0 aliphatic carbocycles. The second-order valence-corrected chi connectivity index (χ2v) is 13.2. The van der Waals surface area contributed by atoms with Gasteiger partial charge in [0.15, 0.2) is 0 Å². The van der Waals surface area contributed by atoms with Crippen LogP contribution >= 0.6 is 0 Å². The molecule has 3 aliphatic rings. The molecule has 3 aliphatic heterocycles. The van der Waals surface area contributed by atoms with E-state index in [0.29, 0.717) is 39.0 Å². The molecule has 10 heteroatoms. The first-order valence-electron chi connectivity index (χ1n) is 13.5. The highest BCUT2D eigenvalue weighted by Gasteiger charge is 2.54. The van der Waals surface area contributed by atoms with Crippen molar-refractivity contribution in [2.24, 2.45) is 5.41 Å². The van der Waals surface area contributed by atoms with Gasteiger partial charge in [0.1, 0.15) is 0 Å². The molecule has 2 aromatic carbocycles. The van der Waals surface area contributed by atoms with Crippen molar-refractivity contribution in [1.82, 2.24) is 24.3 Å². The fourth-order valence-electron chi connectivity index (χ4n) is 6.41. The summed E-state index contributed by atoms with van der Waals surface area (Å²) in [6.07, 6.45) is 7.75. The van der Waals surface area contributed by atoms with Crippen molar-refractivity contribution in [2.75, 3.05) is 58.6 Å². The predicted molar refractivity (Wildman–Crippen MR) is 151 cm³/mol. The van der Waals surface area contributed by atoms with Crippen LogP contribution in [0.1, 0.15) is 31.4 Å². The summed E-state index contributed by atoms with van der Waals surface area (Å²) in [6, 6.07) is 14.6. The lowest BCUT2D eigenvalue weighted by Gasteiger charge is -2.60. The molecule has 0 bridgehead atoms. The van der Waals surface area contributed by atoms with Crippen molar-refractivity contribution >= 4 is 32.7 Å². The van der Waals surface area contributed by atoms with Gasteiger partial charge in [-0.15, -0.1) is 6.42 Å². The number of hydrogen-bond donors (Lipinski definition) is 1. The Bertz CT molecular complexity index is 1380. The number of carbonyl (C=O) groups is 2. The van der Waals surface area contributed by atoms with E-state index >= 15 is 0 Å². The van der Waals surface area contributed by atoms with Crippen LogP contribution < -0.4 is 5.32 Å². The fraction of sp³-hybridized carbons (Fsp3) is 0.517. The minimum atomic E-state index is -3.56. The number of nitrogens with zero attached hydrogens (tertiary/aromatic N) is 4. The Morgan fingerprint density at radius 2 is 1.72 bits per heavy atom. The summed E-state index contributed by atoms with van der Waals surface area (Å²) >= 11 is 0. The van der Waals surface area contributed by atoms with Gasteiger partial charge in [0.25, 0.3) is 0 Å². The number of carbonyl (C=O) groups excluding carboxylic acids is 2.